The molecule has 0 saturated heterocycles. The molecule has 2 atom stereocenters. The van der Waals surface area contributed by atoms with Gasteiger partial charge in [0, 0.05) is 32.2 Å². The second-order valence-electron chi connectivity index (χ2n) is 6.96. The Hall–Kier alpha value is -1.54. The van der Waals surface area contributed by atoms with E-state index in [0.717, 1.165) is 25.8 Å². The summed E-state index contributed by atoms with van der Waals surface area (Å²) in [6.45, 7) is 7.83. The Morgan fingerprint density at radius 2 is 1.88 bits per heavy atom. The lowest BCUT2D eigenvalue weighted by Gasteiger charge is -2.19. The zero-order valence-electron chi connectivity index (χ0n) is 15.4. The molecular weight excluding hydrogens is 310 g/mol. The lowest BCUT2D eigenvalue weighted by molar-refractivity contribution is 0.0500. The number of carbonyl (C=O) groups is 1. The van der Waals surface area contributed by atoms with Gasteiger partial charge in [-0.25, -0.2) is 4.79 Å². The number of amides is 1. The smallest absolute Gasteiger partial charge is 0.407 e. The quantitative estimate of drug-likeness (QED) is 0.291. The Labute approximate surface area is 144 Å². The minimum atomic E-state index is -0.476. The highest BCUT2D eigenvalue weighted by molar-refractivity contribution is 5.77. The summed E-state index contributed by atoms with van der Waals surface area (Å²) in [6.07, 6.45) is 2.84. The van der Waals surface area contributed by atoms with E-state index in [-0.39, 0.29) is 0 Å². The van der Waals surface area contributed by atoms with Crippen molar-refractivity contribution in [2.45, 2.75) is 57.7 Å². The second-order valence-corrected chi connectivity index (χ2v) is 6.96. The third-order valence-corrected chi connectivity index (χ3v) is 3.62. The first-order valence-electron chi connectivity index (χ1n) is 8.57. The van der Waals surface area contributed by atoms with Gasteiger partial charge in [0.25, 0.3) is 0 Å². The molecule has 8 heteroatoms. The number of ether oxygens (including phenoxy) is 2. The molecule has 24 heavy (non-hydrogen) atoms. The van der Waals surface area contributed by atoms with Gasteiger partial charge in [-0.05, 0) is 40.0 Å². The molecule has 0 spiro atoms. The van der Waals surface area contributed by atoms with Crippen LogP contribution in [0.2, 0.25) is 0 Å². The summed E-state index contributed by atoms with van der Waals surface area (Å²) < 4.78 is 10.6. The standard InChI is InChI=1S/C16H33N5O3/c1-16(2,3)24-15(22)20-8-10-23-9-7-19-12-5-6-13(11-12)21-14(17)18-4/h12-13,19H,5-11H2,1-4H3,(H,20,22)(H3,17,18,21)/t12-,13-/m0/s1. The number of carbonyl (C=O) groups excluding carboxylic acids is 1. The number of guanidine groups is 1. The predicted octanol–water partition coefficient (Wildman–Crippen LogP) is 0.573. The van der Waals surface area contributed by atoms with Gasteiger partial charge in [0.1, 0.15) is 5.60 Å². The molecule has 5 N–H and O–H groups in total. The van der Waals surface area contributed by atoms with E-state index >= 15 is 0 Å². The van der Waals surface area contributed by atoms with Crippen molar-refractivity contribution in [1.29, 1.82) is 0 Å². The van der Waals surface area contributed by atoms with Crippen LogP contribution in [0.3, 0.4) is 0 Å². The molecule has 140 valence electrons. The van der Waals surface area contributed by atoms with Crippen molar-refractivity contribution >= 4 is 12.1 Å². The molecule has 1 aliphatic carbocycles. The van der Waals surface area contributed by atoms with Gasteiger partial charge in [0.2, 0.25) is 0 Å². The second kappa shape index (κ2) is 10.4. The fourth-order valence-electron chi connectivity index (χ4n) is 2.55. The molecular formula is C16H33N5O3. The van der Waals surface area contributed by atoms with Gasteiger partial charge in [0.05, 0.1) is 13.2 Å². The van der Waals surface area contributed by atoms with Crippen LogP contribution in [0.4, 0.5) is 4.79 Å². The van der Waals surface area contributed by atoms with Crippen LogP contribution in [-0.2, 0) is 9.47 Å². The van der Waals surface area contributed by atoms with Crippen LogP contribution in [0.5, 0.6) is 0 Å². The SMILES string of the molecule is CN=C(N)N[C@H]1CC[C@H](NCCOCCNC(=O)OC(C)(C)C)C1. The van der Waals surface area contributed by atoms with Crippen molar-refractivity contribution in [3.05, 3.63) is 0 Å². The number of rotatable bonds is 8. The molecule has 0 aromatic heterocycles. The Bertz CT molecular complexity index is 409. The summed E-state index contributed by atoms with van der Waals surface area (Å²) >= 11 is 0. The molecule has 0 aromatic carbocycles. The third-order valence-electron chi connectivity index (χ3n) is 3.62. The number of nitrogens with zero attached hydrogens (tertiary/aromatic N) is 1. The minimum Gasteiger partial charge on any atom is -0.444 e. The van der Waals surface area contributed by atoms with Crippen LogP contribution in [-0.4, -0.2) is 63.1 Å². The molecule has 0 heterocycles. The fraction of sp³-hybridized carbons (Fsp3) is 0.875. The number of alkyl carbamates (subject to hydrolysis) is 1. The van der Waals surface area contributed by atoms with E-state index in [2.05, 4.69) is 20.9 Å². The summed E-state index contributed by atoms with van der Waals surface area (Å²) in [6, 6.07) is 0.876. The van der Waals surface area contributed by atoms with E-state index in [0.29, 0.717) is 37.8 Å². The summed E-state index contributed by atoms with van der Waals surface area (Å²) in [7, 11) is 1.68. The highest BCUT2D eigenvalue weighted by Crippen LogP contribution is 2.18. The van der Waals surface area contributed by atoms with Crippen molar-refractivity contribution in [2.75, 3.05) is 33.4 Å². The summed E-state index contributed by atoms with van der Waals surface area (Å²) in [5.41, 5.74) is 5.21. The predicted molar refractivity (Wildman–Crippen MR) is 95.2 cm³/mol. The van der Waals surface area contributed by atoms with Crippen molar-refractivity contribution in [3.63, 3.8) is 0 Å². The summed E-state index contributed by atoms with van der Waals surface area (Å²) in [5, 5.41) is 9.35. The molecule has 1 saturated carbocycles. The fourth-order valence-corrected chi connectivity index (χ4v) is 2.55. The van der Waals surface area contributed by atoms with Gasteiger partial charge < -0.3 is 31.2 Å². The lowest BCUT2D eigenvalue weighted by atomic mass is 10.2. The maximum absolute atomic E-state index is 11.4. The number of nitrogens with one attached hydrogen (secondary N) is 3. The lowest BCUT2D eigenvalue weighted by Crippen LogP contribution is -2.40. The van der Waals surface area contributed by atoms with Crippen LogP contribution in [0.25, 0.3) is 0 Å². The maximum Gasteiger partial charge on any atom is 0.407 e. The summed E-state index contributed by atoms with van der Waals surface area (Å²) in [4.78, 5) is 15.3. The van der Waals surface area contributed by atoms with E-state index in [4.69, 9.17) is 15.2 Å². The van der Waals surface area contributed by atoms with Crippen molar-refractivity contribution < 1.29 is 14.3 Å². The van der Waals surface area contributed by atoms with Crippen molar-refractivity contribution in [2.24, 2.45) is 10.7 Å². The first-order valence-corrected chi connectivity index (χ1v) is 8.57. The van der Waals surface area contributed by atoms with Gasteiger partial charge >= 0.3 is 6.09 Å². The molecule has 0 radical (unpaired) electrons. The van der Waals surface area contributed by atoms with Crippen LogP contribution in [0.15, 0.2) is 4.99 Å². The number of hydrogen-bond acceptors (Lipinski definition) is 5. The molecule has 0 aliphatic heterocycles. The van der Waals surface area contributed by atoms with Crippen molar-refractivity contribution in [3.8, 4) is 0 Å². The zero-order valence-corrected chi connectivity index (χ0v) is 15.4. The number of nitrogens with two attached hydrogens (primary N) is 1. The highest BCUT2D eigenvalue weighted by atomic mass is 16.6. The monoisotopic (exact) mass is 343 g/mol. The van der Waals surface area contributed by atoms with Gasteiger partial charge in [-0.3, -0.25) is 4.99 Å². The van der Waals surface area contributed by atoms with Crippen LogP contribution in [0, 0.1) is 0 Å². The number of hydrogen-bond donors (Lipinski definition) is 4. The Morgan fingerprint density at radius 3 is 2.54 bits per heavy atom. The molecule has 0 bridgehead atoms. The minimum absolute atomic E-state index is 0.394. The van der Waals surface area contributed by atoms with Gasteiger partial charge in [0.15, 0.2) is 5.96 Å². The van der Waals surface area contributed by atoms with E-state index in [1.807, 2.05) is 20.8 Å². The third kappa shape index (κ3) is 9.57. The topological polar surface area (TPSA) is 110 Å². The Balaban J connectivity index is 1.97. The number of aliphatic imine (C=N–C) groups is 1. The maximum atomic E-state index is 11.4. The van der Waals surface area contributed by atoms with E-state index in [1.54, 1.807) is 7.05 Å². The van der Waals surface area contributed by atoms with Crippen LogP contribution >= 0.6 is 0 Å². The summed E-state index contributed by atoms with van der Waals surface area (Å²) in [5.74, 6) is 0.501. The van der Waals surface area contributed by atoms with E-state index in [9.17, 15) is 4.79 Å². The average Bonchev–Trinajstić information content (AvgIpc) is 2.91. The molecule has 8 nitrogen and oxygen atoms in total. The molecule has 1 rings (SSSR count). The van der Waals surface area contributed by atoms with Gasteiger partial charge in [-0.15, -0.1) is 0 Å². The Kier molecular flexibility index (Phi) is 8.84. The molecule has 1 amide bonds. The average molecular weight is 343 g/mol. The Morgan fingerprint density at radius 1 is 1.21 bits per heavy atom. The first-order chi connectivity index (χ1) is 11.3. The zero-order chi connectivity index (χ0) is 18.0. The molecule has 0 unspecified atom stereocenters. The normalized spacial score (nSPS) is 21.6. The molecule has 1 fully saturated rings. The van der Waals surface area contributed by atoms with Crippen LogP contribution < -0.4 is 21.7 Å². The largest absolute Gasteiger partial charge is 0.444 e. The van der Waals surface area contributed by atoms with E-state index < -0.39 is 11.7 Å². The van der Waals surface area contributed by atoms with E-state index in [1.165, 1.54) is 0 Å². The molecule has 0 aromatic rings. The van der Waals surface area contributed by atoms with Crippen molar-refractivity contribution in [1.82, 2.24) is 16.0 Å². The van der Waals surface area contributed by atoms with Gasteiger partial charge in [-0.1, -0.05) is 0 Å². The first kappa shape index (κ1) is 20.5. The van der Waals surface area contributed by atoms with Crippen LogP contribution in [0.1, 0.15) is 40.0 Å². The highest BCUT2D eigenvalue weighted by Gasteiger charge is 2.24. The van der Waals surface area contributed by atoms with Gasteiger partial charge in [-0.2, -0.15) is 0 Å². The molecule has 1 aliphatic rings.